The molecule has 1 unspecified atom stereocenters. The number of likely N-dealkylation sites (tertiary alicyclic amines) is 1. The second kappa shape index (κ2) is 4.01. The Kier molecular flexibility index (Phi) is 2.71. The fourth-order valence-corrected chi connectivity index (χ4v) is 1.93. The Morgan fingerprint density at radius 1 is 1.47 bits per heavy atom. The second-order valence-corrected chi connectivity index (χ2v) is 4.00. The van der Waals surface area contributed by atoms with E-state index in [-0.39, 0.29) is 17.8 Å². The molecule has 1 amide bonds. The van der Waals surface area contributed by atoms with Crippen molar-refractivity contribution in [2.24, 2.45) is 0 Å². The van der Waals surface area contributed by atoms with Crippen molar-refractivity contribution in [2.45, 2.75) is 32.4 Å². The Labute approximate surface area is 88.7 Å². The summed E-state index contributed by atoms with van der Waals surface area (Å²) in [6.45, 7) is 2.40. The zero-order valence-electron chi connectivity index (χ0n) is 8.74. The molecule has 3 heteroatoms. The summed E-state index contributed by atoms with van der Waals surface area (Å²) in [6.07, 6.45) is 1.48. The normalized spacial score (nSPS) is 21.1. The molecule has 1 aliphatic heterocycles. The van der Waals surface area contributed by atoms with E-state index < -0.39 is 0 Å². The minimum atomic E-state index is -0.232. The maximum atomic E-state index is 13.4. The third kappa shape index (κ3) is 2.01. The van der Waals surface area contributed by atoms with E-state index in [1.54, 1.807) is 23.1 Å². The van der Waals surface area contributed by atoms with E-state index in [4.69, 9.17) is 0 Å². The Hall–Kier alpha value is -1.38. The second-order valence-electron chi connectivity index (χ2n) is 4.00. The molecule has 0 bridgehead atoms. The van der Waals surface area contributed by atoms with Crippen LogP contribution in [0.15, 0.2) is 24.3 Å². The van der Waals surface area contributed by atoms with Gasteiger partial charge in [0.05, 0.1) is 0 Å². The largest absolute Gasteiger partial charge is 0.336 e. The smallest absolute Gasteiger partial charge is 0.223 e. The number of rotatable bonds is 2. The van der Waals surface area contributed by atoms with E-state index >= 15 is 0 Å². The number of halogens is 1. The van der Waals surface area contributed by atoms with Crippen molar-refractivity contribution < 1.29 is 9.18 Å². The third-order valence-electron chi connectivity index (χ3n) is 2.93. The van der Waals surface area contributed by atoms with Gasteiger partial charge in [-0.3, -0.25) is 4.79 Å². The van der Waals surface area contributed by atoms with Gasteiger partial charge < -0.3 is 4.90 Å². The molecular formula is C12H14FNO. The fourth-order valence-electron chi connectivity index (χ4n) is 1.93. The van der Waals surface area contributed by atoms with Crippen LogP contribution in [0.4, 0.5) is 4.39 Å². The van der Waals surface area contributed by atoms with E-state index in [0.29, 0.717) is 18.5 Å². The van der Waals surface area contributed by atoms with Crippen molar-refractivity contribution in [1.82, 2.24) is 4.90 Å². The first-order valence-electron chi connectivity index (χ1n) is 5.21. The Balaban J connectivity index is 2.15. The van der Waals surface area contributed by atoms with E-state index in [1.807, 2.05) is 6.92 Å². The van der Waals surface area contributed by atoms with Gasteiger partial charge in [0.2, 0.25) is 5.91 Å². The van der Waals surface area contributed by atoms with E-state index in [0.717, 1.165) is 6.42 Å². The van der Waals surface area contributed by atoms with E-state index in [1.165, 1.54) is 6.07 Å². The average molecular weight is 207 g/mol. The Morgan fingerprint density at radius 3 is 2.80 bits per heavy atom. The number of carbonyl (C=O) groups excluding carboxylic acids is 1. The summed E-state index contributed by atoms with van der Waals surface area (Å²) in [5.74, 6) is -0.102. The predicted molar refractivity (Wildman–Crippen MR) is 55.6 cm³/mol. The van der Waals surface area contributed by atoms with Crippen LogP contribution in [0.1, 0.15) is 25.3 Å². The maximum absolute atomic E-state index is 13.4. The van der Waals surface area contributed by atoms with Gasteiger partial charge in [-0.05, 0) is 19.4 Å². The third-order valence-corrected chi connectivity index (χ3v) is 2.93. The molecule has 1 aliphatic rings. The van der Waals surface area contributed by atoms with Crippen LogP contribution in [-0.4, -0.2) is 16.8 Å². The van der Waals surface area contributed by atoms with Crippen molar-refractivity contribution in [3.05, 3.63) is 35.6 Å². The number of hydrogen-bond acceptors (Lipinski definition) is 1. The molecule has 1 saturated heterocycles. The highest BCUT2D eigenvalue weighted by atomic mass is 19.1. The predicted octanol–water partition coefficient (Wildman–Crippen LogP) is 2.34. The van der Waals surface area contributed by atoms with Gasteiger partial charge in [-0.1, -0.05) is 18.2 Å². The van der Waals surface area contributed by atoms with Gasteiger partial charge in [-0.15, -0.1) is 0 Å². The minimum absolute atomic E-state index is 0.130. The highest BCUT2D eigenvalue weighted by Crippen LogP contribution is 2.21. The van der Waals surface area contributed by atoms with Crippen LogP contribution in [0.5, 0.6) is 0 Å². The topological polar surface area (TPSA) is 20.3 Å². The van der Waals surface area contributed by atoms with Gasteiger partial charge in [0.1, 0.15) is 5.82 Å². The van der Waals surface area contributed by atoms with Gasteiger partial charge in [-0.25, -0.2) is 4.39 Å². The van der Waals surface area contributed by atoms with Crippen LogP contribution in [0.2, 0.25) is 0 Å². The summed E-state index contributed by atoms with van der Waals surface area (Å²) in [5.41, 5.74) is 0.597. The van der Waals surface area contributed by atoms with Crippen LogP contribution in [0.3, 0.4) is 0 Å². The van der Waals surface area contributed by atoms with Gasteiger partial charge >= 0.3 is 0 Å². The number of nitrogens with zero attached hydrogens (tertiary/aromatic N) is 1. The summed E-state index contributed by atoms with van der Waals surface area (Å²) in [4.78, 5) is 13.3. The van der Waals surface area contributed by atoms with Crippen LogP contribution in [0, 0.1) is 5.82 Å². The molecule has 0 saturated carbocycles. The number of amides is 1. The summed E-state index contributed by atoms with van der Waals surface area (Å²) in [7, 11) is 0. The molecule has 0 N–H and O–H groups in total. The molecule has 80 valence electrons. The summed E-state index contributed by atoms with van der Waals surface area (Å²) in [5, 5.41) is 0. The van der Waals surface area contributed by atoms with Crippen molar-refractivity contribution >= 4 is 5.91 Å². The monoisotopic (exact) mass is 207 g/mol. The molecule has 1 aromatic carbocycles. The molecule has 0 spiro atoms. The SMILES string of the molecule is CC1CCC(=O)N1Cc1ccccc1F. The molecule has 0 aliphatic carbocycles. The van der Waals surface area contributed by atoms with Crippen LogP contribution < -0.4 is 0 Å². The first-order chi connectivity index (χ1) is 7.18. The lowest BCUT2D eigenvalue weighted by atomic mass is 10.2. The summed E-state index contributed by atoms with van der Waals surface area (Å²) in [6, 6.07) is 6.85. The van der Waals surface area contributed by atoms with Gasteiger partial charge in [0.25, 0.3) is 0 Å². The molecule has 1 aromatic rings. The van der Waals surface area contributed by atoms with E-state index in [9.17, 15) is 9.18 Å². The van der Waals surface area contributed by atoms with Crippen LogP contribution >= 0.6 is 0 Å². The lowest BCUT2D eigenvalue weighted by Gasteiger charge is -2.21. The fraction of sp³-hybridized carbons (Fsp3) is 0.417. The lowest BCUT2D eigenvalue weighted by Crippen LogP contribution is -2.30. The van der Waals surface area contributed by atoms with Crippen LogP contribution in [-0.2, 0) is 11.3 Å². The molecule has 2 nitrogen and oxygen atoms in total. The highest BCUT2D eigenvalue weighted by molar-refractivity contribution is 5.78. The van der Waals surface area contributed by atoms with E-state index in [2.05, 4.69) is 0 Å². The van der Waals surface area contributed by atoms with Crippen molar-refractivity contribution in [3.8, 4) is 0 Å². The molecule has 1 heterocycles. The molecule has 1 atom stereocenters. The number of carbonyl (C=O) groups is 1. The average Bonchev–Trinajstić information content (AvgIpc) is 2.53. The summed E-state index contributed by atoms with van der Waals surface area (Å²) < 4.78 is 13.4. The first kappa shape index (κ1) is 10.1. The Morgan fingerprint density at radius 2 is 2.20 bits per heavy atom. The van der Waals surface area contributed by atoms with Crippen molar-refractivity contribution in [1.29, 1.82) is 0 Å². The molecule has 1 fully saturated rings. The highest BCUT2D eigenvalue weighted by Gasteiger charge is 2.27. The molecule has 0 radical (unpaired) electrons. The summed E-state index contributed by atoms with van der Waals surface area (Å²) >= 11 is 0. The van der Waals surface area contributed by atoms with Gasteiger partial charge in [0, 0.05) is 24.6 Å². The van der Waals surface area contributed by atoms with Gasteiger partial charge in [0.15, 0.2) is 0 Å². The number of hydrogen-bond donors (Lipinski definition) is 0. The lowest BCUT2D eigenvalue weighted by molar-refractivity contribution is -0.129. The molecular weight excluding hydrogens is 193 g/mol. The standard InChI is InChI=1S/C12H14FNO/c1-9-6-7-12(15)14(9)8-10-4-2-3-5-11(10)13/h2-5,9H,6-8H2,1H3. The molecule has 0 aromatic heterocycles. The minimum Gasteiger partial charge on any atom is -0.336 e. The van der Waals surface area contributed by atoms with Crippen molar-refractivity contribution in [2.75, 3.05) is 0 Å². The van der Waals surface area contributed by atoms with Gasteiger partial charge in [-0.2, -0.15) is 0 Å². The van der Waals surface area contributed by atoms with Crippen molar-refractivity contribution in [3.63, 3.8) is 0 Å². The first-order valence-corrected chi connectivity index (χ1v) is 5.21. The zero-order valence-corrected chi connectivity index (χ0v) is 8.74. The molecule has 15 heavy (non-hydrogen) atoms. The molecule has 2 rings (SSSR count). The zero-order chi connectivity index (χ0) is 10.8. The maximum Gasteiger partial charge on any atom is 0.223 e. The Bertz CT molecular complexity index is 378. The quantitative estimate of drug-likeness (QED) is 0.729. The van der Waals surface area contributed by atoms with Crippen LogP contribution in [0.25, 0.3) is 0 Å². The number of benzene rings is 1.